The fourth-order valence-electron chi connectivity index (χ4n) is 3.04. The Kier molecular flexibility index (Phi) is 4.86. The standard InChI is InChI=1S/C20H19N5O4/c1-13(20(26)27)29-16-7-6-14(10-17(16)28-2)19-21-8-9-24(19)11-15-4-3-5-18-22-12-23-25(15)18/h3-10,12-13H,11H2,1-2H3,(H,26,27). The van der Waals surface area contributed by atoms with E-state index in [4.69, 9.17) is 14.6 Å². The zero-order valence-corrected chi connectivity index (χ0v) is 15.9. The molecule has 3 aromatic heterocycles. The number of pyridine rings is 1. The summed E-state index contributed by atoms with van der Waals surface area (Å²) in [4.78, 5) is 19.7. The summed E-state index contributed by atoms with van der Waals surface area (Å²) in [5, 5.41) is 13.3. The number of methoxy groups -OCH3 is 1. The quantitative estimate of drug-likeness (QED) is 0.514. The van der Waals surface area contributed by atoms with Crippen LogP contribution in [-0.2, 0) is 11.3 Å². The van der Waals surface area contributed by atoms with Gasteiger partial charge in [0.05, 0.1) is 19.3 Å². The first-order valence-corrected chi connectivity index (χ1v) is 8.93. The minimum atomic E-state index is -1.05. The molecule has 1 atom stereocenters. The summed E-state index contributed by atoms with van der Waals surface area (Å²) < 4.78 is 14.6. The number of hydrogen-bond donors (Lipinski definition) is 1. The first-order valence-electron chi connectivity index (χ1n) is 8.93. The van der Waals surface area contributed by atoms with E-state index in [-0.39, 0.29) is 0 Å². The van der Waals surface area contributed by atoms with Gasteiger partial charge in [-0.25, -0.2) is 19.3 Å². The molecule has 9 heteroatoms. The van der Waals surface area contributed by atoms with Gasteiger partial charge in [-0.05, 0) is 37.3 Å². The molecule has 0 amide bonds. The maximum atomic E-state index is 11.1. The fourth-order valence-corrected chi connectivity index (χ4v) is 3.04. The van der Waals surface area contributed by atoms with E-state index in [1.54, 1.807) is 22.8 Å². The van der Waals surface area contributed by atoms with Crippen molar-refractivity contribution in [2.75, 3.05) is 7.11 Å². The first kappa shape index (κ1) is 18.5. The van der Waals surface area contributed by atoms with Crippen molar-refractivity contribution in [2.24, 2.45) is 0 Å². The molecular weight excluding hydrogens is 374 g/mol. The Labute approximate surface area is 166 Å². The summed E-state index contributed by atoms with van der Waals surface area (Å²) in [5.41, 5.74) is 2.55. The number of ether oxygens (including phenoxy) is 2. The van der Waals surface area contributed by atoms with E-state index < -0.39 is 12.1 Å². The lowest BCUT2D eigenvalue weighted by atomic mass is 10.2. The molecule has 0 aliphatic carbocycles. The number of aliphatic carboxylic acids is 1. The van der Waals surface area contributed by atoms with Gasteiger partial charge >= 0.3 is 5.97 Å². The van der Waals surface area contributed by atoms with Crippen molar-refractivity contribution in [3.05, 3.63) is 60.8 Å². The van der Waals surface area contributed by atoms with E-state index in [2.05, 4.69) is 15.1 Å². The number of fused-ring (bicyclic) bond motifs is 1. The summed E-state index contributed by atoms with van der Waals surface area (Å²) in [5.74, 6) is 0.479. The van der Waals surface area contributed by atoms with Crippen molar-refractivity contribution in [3.63, 3.8) is 0 Å². The molecule has 0 fully saturated rings. The normalized spacial score (nSPS) is 12.1. The largest absolute Gasteiger partial charge is 0.493 e. The number of carboxylic acid groups (broad SMARTS) is 1. The van der Waals surface area contributed by atoms with Crippen molar-refractivity contribution in [3.8, 4) is 22.9 Å². The van der Waals surface area contributed by atoms with Crippen LogP contribution < -0.4 is 9.47 Å². The van der Waals surface area contributed by atoms with Gasteiger partial charge in [0, 0.05) is 18.0 Å². The molecule has 1 N–H and O–H groups in total. The van der Waals surface area contributed by atoms with Gasteiger partial charge in [0.15, 0.2) is 23.3 Å². The highest BCUT2D eigenvalue weighted by molar-refractivity contribution is 5.72. The monoisotopic (exact) mass is 393 g/mol. The molecule has 3 heterocycles. The average Bonchev–Trinajstić information content (AvgIpc) is 3.38. The van der Waals surface area contributed by atoms with Crippen LogP contribution in [0.15, 0.2) is 55.1 Å². The molecule has 4 aromatic rings. The molecule has 1 unspecified atom stereocenters. The van der Waals surface area contributed by atoms with Gasteiger partial charge in [0.25, 0.3) is 0 Å². The molecule has 148 valence electrons. The van der Waals surface area contributed by atoms with Gasteiger partial charge in [-0.2, -0.15) is 5.10 Å². The van der Waals surface area contributed by atoms with Gasteiger partial charge in [0.1, 0.15) is 12.2 Å². The molecule has 9 nitrogen and oxygen atoms in total. The minimum Gasteiger partial charge on any atom is -0.493 e. The first-order chi connectivity index (χ1) is 14.1. The van der Waals surface area contributed by atoms with Gasteiger partial charge < -0.3 is 19.1 Å². The van der Waals surface area contributed by atoms with Crippen LogP contribution >= 0.6 is 0 Å². The molecule has 0 radical (unpaired) electrons. The molecule has 0 saturated heterocycles. The Morgan fingerprint density at radius 2 is 2.07 bits per heavy atom. The zero-order valence-electron chi connectivity index (χ0n) is 15.9. The third-order valence-electron chi connectivity index (χ3n) is 4.50. The van der Waals surface area contributed by atoms with Crippen LogP contribution in [0.5, 0.6) is 11.5 Å². The van der Waals surface area contributed by atoms with Gasteiger partial charge in [-0.1, -0.05) is 6.07 Å². The number of imidazole rings is 1. The van der Waals surface area contributed by atoms with Crippen molar-refractivity contribution in [1.29, 1.82) is 0 Å². The fraction of sp³-hybridized carbons (Fsp3) is 0.200. The topological polar surface area (TPSA) is 104 Å². The van der Waals surface area contributed by atoms with Crippen LogP contribution in [0, 0.1) is 0 Å². The zero-order chi connectivity index (χ0) is 20.4. The van der Waals surface area contributed by atoms with Crippen LogP contribution in [-0.4, -0.2) is 48.4 Å². The Hall–Kier alpha value is -3.88. The van der Waals surface area contributed by atoms with Crippen molar-refractivity contribution in [2.45, 2.75) is 19.6 Å². The van der Waals surface area contributed by atoms with E-state index in [0.29, 0.717) is 18.0 Å². The molecule has 0 aliphatic rings. The molecule has 1 aromatic carbocycles. The van der Waals surface area contributed by atoms with Crippen molar-refractivity contribution >= 4 is 11.6 Å². The Morgan fingerprint density at radius 1 is 1.21 bits per heavy atom. The van der Waals surface area contributed by atoms with Crippen LogP contribution in [0.25, 0.3) is 17.0 Å². The molecule has 29 heavy (non-hydrogen) atoms. The number of benzene rings is 1. The van der Waals surface area contributed by atoms with Crippen LogP contribution in [0.4, 0.5) is 0 Å². The van der Waals surface area contributed by atoms with Gasteiger partial charge in [-0.15, -0.1) is 0 Å². The third-order valence-corrected chi connectivity index (χ3v) is 4.50. The SMILES string of the molecule is COc1cc(-c2nccn2Cc2cccc3ncnn23)ccc1OC(C)C(=O)O. The minimum absolute atomic E-state index is 0.358. The maximum absolute atomic E-state index is 11.1. The van der Waals surface area contributed by atoms with E-state index in [1.807, 2.05) is 35.0 Å². The second kappa shape index (κ2) is 7.63. The Bertz CT molecular complexity index is 1170. The Morgan fingerprint density at radius 3 is 2.86 bits per heavy atom. The van der Waals surface area contributed by atoms with Gasteiger partial charge in [0.2, 0.25) is 0 Å². The van der Waals surface area contributed by atoms with E-state index >= 15 is 0 Å². The lowest BCUT2D eigenvalue weighted by Gasteiger charge is -2.15. The summed E-state index contributed by atoms with van der Waals surface area (Å²) in [6, 6.07) is 11.1. The maximum Gasteiger partial charge on any atom is 0.344 e. The van der Waals surface area contributed by atoms with Crippen LogP contribution in [0.2, 0.25) is 0 Å². The molecular formula is C20H19N5O4. The number of aromatic nitrogens is 5. The van der Waals surface area contributed by atoms with Crippen LogP contribution in [0.3, 0.4) is 0 Å². The highest BCUT2D eigenvalue weighted by Gasteiger charge is 2.17. The Balaban J connectivity index is 1.65. The molecule has 0 aliphatic heterocycles. The van der Waals surface area contributed by atoms with E-state index in [9.17, 15) is 4.79 Å². The second-order valence-electron chi connectivity index (χ2n) is 6.39. The third kappa shape index (κ3) is 3.62. The number of hydrogen-bond acceptors (Lipinski definition) is 6. The van der Waals surface area contributed by atoms with E-state index in [1.165, 1.54) is 20.4 Å². The number of carboxylic acids is 1. The predicted molar refractivity (Wildman–Crippen MR) is 104 cm³/mol. The van der Waals surface area contributed by atoms with E-state index in [0.717, 1.165) is 22.7 Å². The second-order valence-corrected chi connectivity index (χ2v) is 6.39. The molecule has 0 spiro atoms. The molecule has 0 bridgehead atoms. The van der Waals surface area contributed by atoms with Crippen LogP contribution in [0.1, 0.15) is 12.6 Å². The lowest BCUT2D eigenvalue weighted by Crippen LogP contribution is -2.23. The highest BCUT2D eigenvalue weighted by atomic mass is 16.5. The summed E-state index contributed by atoms with van der Waals surface area (Å²) in [6.07, 6.45) is 4.14. The number of rotatable bonds is 7. The summed E-state index contributed by atoms with van der Waals surface area (Å²) in [6.45, 7) is 2.01. The van der Waals surface area contributed by atoms with Gasteiger partial charge in [-0.3, -0.25) is 0 Å². The number of nitrogens with zero attached hydrogens (tertiary/aromatic N) is 5. The molecule has 0 saturated carbocycles. The van der Waals surface area contributed by atoms with Crippen molar-refractivity contribution in [1.82, 2.24) is 24.1 Å². The summed E-state index contributed by atoms with van der Waals surface area (Å²) in [7, 11) is 1.51. The lowest BCUT2D eigenvalue weighted by molar-refractivity contribution is -0.144. The summed E-state index contributed by atoms with van der Waals surface area (Å²) >= 11 is 0. The highest BCUT2D eigenvalue weighted by Crippen LogP contribution is 2.33. The van der Waals surface area contributed by atoms with Crippen molar-refractivity contribution < 1.29 is 19.4 Å². The smallest absolute Gasteiger partial charge is 0.344 e. The predicted octanol–water partition coefficient (Wildman–Crippen LogP) is 2.50. The molecule has 4 rings (SSSR count). The number of carbonyl (C=O) groups is 1. The average molecular weight is 393 g/mol.